The lowest BCUT2D eigenvalue weighted by Gasteiger charge is -2.27. The highest BCUT2D eigenvalue weighted by atomic mass is 127. The number of carbonyl (C=O) groups is 1. The van der Waals surface area contributed by atoms with Gasteiger partial charge in [0.25, 0.3) is 0 Å². The highest BCUT2D eigenvalue weighted by molar-refractivity contribution is 14.0. The molecule has 1 rings (SSSR count). The van der Waals surface area contributed by atoms with Gasteiger partial charge in [-0.15, -0.1) is 24.0 Å². The molecule has 136 valence electrons. The molecule has 0 bridgehead atoms. The fourth-order valence-electron chi connectivity index (χ4n) is 1.95. The van der Waals surface area contributed by atoms with E-state index in [4.69, 9.17) is 0 Å². The smallest absolute Gasteiger partial charge is 0.243 e. The van der Waals surface area contributed by atoms with Crippen molar-refractivity contribution in [3.63, 3.8) is 0 Å². The molecule has 0 unspecified atom stereocenters. The Bertz CT molecular complexity index is 561. The number of carbonyl (C=O) groups excluding carboxylic acids is 1. The van der Waals surface area contributed by atoms with Crippen molar-refractivity contribution in [1.29, 1.82) is 0 Å². The first-order valence-electron chi connectivity index (χ1n) is 7.74. The minimum absolute atomic E-state index is 0. The monoisotopic (exact) mass is 450 g/mol. The van der Waals surface area contributed by atoms with E-state index < -0.39 is 0 Å². The fourth-order valence-corrected chi connectivity index (χ4v) is 1.95. The van der Waals surface area contributed by atoms with E-state index in [0.717, 1.165) is 5.56 Å². The number of aliphatic imine (C=N–C) groups is 1. The third kappa shape index (κ3) is 7.46. The summed E-state index contributed by atoms with van der Waals surface area (Å²) in [6, 6.07) is 6.60. The Morgan fingerprint density at radius 3 is 2.50 bits per heavy atom. The predicted molar refractivity (Wildman–Crippen MR) is 108 cm³/mol. The molecule has 0 aromatic heterocycles. The number of hydrogen-bond donors (Lipinski definition) is 2. The van der Waals surface area contributed by atoms with Gasteiger partial charge in [0.2, 0.25) is 5.91 Å². The largest absolute Gasteiger partial charge is 0.357 e. The first-order chi connectivity index (χ1) is 10.8. The molecule has 1 amide bonds. The van der Waals surface area contributed by atoms with Crippen molar-refractivity contribution < 1.29 is 9.18 Å². The Labute approximate surface area is 161 Å². The van der Waals surface area contributed by atoms with Gasteiger partial charge >= 0.3 is 0 Å². The van der Waals surface area contributed by atoms with E-state index >= 15 is 0 Å². The SMILES string of the molecule is CCNC(=NCC(=O)N(C)C)NCC(C)(C)c1cccc(F)c1.I. The van der Waals surface area contributed by atoms with Crippen molar-refractivity contribution in [1.82, 2.24) is 15.5 Å². The molecule has 2 N–H and O–H groups in total. The van der Waals surface area contributed by atoms with Gasteiger partial charge in [0.15, 0.2) is 5.96 Å². The van der Waals surface area contributed by atoms with Crippen LogP contribution >= 0.6 is 24.0 Å². The molecule has 0 radical (unpaired) electrons. The summed E-state index contributed by atoms with van der Waals surface area (Å²) in [6.07, 6.45) is 0. The van der Waals surface area contributed by atoms with E-state index in [9.17, 15) is 9.18 Å². The maximum Gasteiger partial charge on any atom is 0.243 e. The summed E-state index contributed by atoms with van der Waals surface area (Å²) in [5, 5.41) is 6.33. The fraction of sp³-hybridized carbons (Fsp3) is 0.529. The van der Waals surface area contributed by atoms with Gasteiger partial charge in [-0.05, 0) is 24.6 Å². The molecule has 0 spiro atoms. The Kier molecular flexibility index (Phi) is 9.88. The zero-order valence-electron chi connectivity index (χ0n) is 15.0. The zero-order chi connectivity index (χ0) is 17.5. The van der Waals surface area contributed by atoms with Crippen LogP contribution in [0.1, 0.15) is 26.3 Å². The van der Waals surface area contributed by atoms with Crippen LogP contribution in [0.25, 0.3) is 0 Å². The third-order valence-corrected chi connectivity index (χ3v) is 3.52. The molecule has 0 saturated carbocycles. The maximum atomic E-state index is 13.4. The van der Waals surface area contributed by atoms with Gasteiger partial charge in [0.05, 0.1) is 0 Å². The lowest BCUT2D eigenvalue weighted by atomic mass is 9.84. The second-order valence-electron chi connectivity index (χ2n) is 6.23. The van der Waals surface area contributed by atoms with Gasteiger partial charge in [0.1, 0.15) is 12.4 Å². The number of rotatable bonds is 6. The second-order valence-corrected chi connectivity index (χ2v) is 6.23. The van der Waals surface area contributed by atoms with Crippen molar-refractivity contribution in [2.75, 3.05) is 33.7 Å². The normalized spacial score (nSPS) is 11.5. The summed E-state index contributed by atoms with van der Waals surface area (Å²) in [7, 11) is 3.40. The number of nitrogens with one attached hydrogen (secondary N) is 2. The van der Waals surface area contributed by atoms with E-state index in [1.165, 1.54) is 11.0 Å². The molecular weight excluding hydrogens is 422 g/mol. The molecule has 0 heterocycles. The maximum absolute atomic E-state index is 13.4. The molecular formula is C17H28FIN4O. The summed E-state index contributed by atoms with van der Waals surface area (Å²) in [6.45, 7) is 7.37. The van der Waals surface area contributed by atoms with Crippen molar-refractivity contribution in [3.8, 4) is 0 Å². The summed E-state index contributed by atoms with van der Waals surface area (Å²) in [4.78, 5) is 17.4. The van der Waals surface area contributed by atoms with Crippen molar-refractivity contribution >= 4 is 35.8 Å². The van der Waals surface area contributed by atoms with Crippen LogP contribution in [0, 0.1) is 5.82 Å². The molecule has 24 heavy (non-hydrogen) atoms. The van der Waals surface area contributed by atoms with Gasteiger partial charge in [-0.1, -0.05) is 26.0 Å². The van der Waals surface area contributed by atoms with Crippen LogP contribution in [0.2, 0.25) is 0 Å². The summed E-state index contributed by atoms with van der Waals surface area (Å²) >= 11 is 0. The van der Waals surface area contributed by atoms with Crippen molar-refractivity contribution in [2.45, 2.75) is 26.2 Å². The Balaban J connectivity index is 0.00000529. The first kappa shape index (κ1) is 22.6. The van der Waals surface area contributed by atoms with E-state index in [2.05, 4.69) is 15.6 Å². The van der Waals surface area contributed by atoms with Crippen molar-refractivity contribution in [3.05, 3.63) is 35.6 Å². The van der Waals surface area contributed by atoms with Crippen LogP contribution in [-0.2, 0) is 10.2 Å². The molecule has 1 aromatic carbocycles. The third-order valence-electron chi connectivity index (χ3n) is 3.52. The van der Waals surface area contributed by atoms with Crippen LogP contribution in [0.15, 0.2) is 29.3 Å². The van der Waals surface area contributed by atoms with E-state index in [-0.39, 0.29) is 47.7 Å². The van der Waals surface area contributed by atoms with Gasteiger partial charge in [-0.2, -0.15) is 0 Å². The Hall–Kier alpha value is -1.38. The van der Waals surface area contributed by atoms with Crippen LogP contribution in [0.3, 0.4) is 0 Å². The van der Waals surface area contributed by atoms with Gasteiger partial charge < -0.3 is 15.5 Å². The molecule has 0 saturated heterocycles. The Morgan fingerprint density at radius 1 is 1.29 bits per heavy atom. The number of nitrogens with zero attached hydrogens (tertiary/aromatic N) is 2. The van der Waals surface area contributed by atoms with Crippen LogP contribution in [0.5, 0.6) is 0 Å². The van der Waals surface area contributed by atoms with E-state index in [0.29, 0.717) is 19.0 Å². The topological polar surface area (TPSA) is 56.7 Å². The molecule has 7 heteroatoms. The van der Waals surface area contributed by atoms with E-state index in [1.54, 1.807) is 26.2 Å². The average molecular weight is 450 g/mol. The number of benzene rings is 1. The van der Waals surface area contributed by atoms with Crippen molar-refractivity contribution in [2.24, 2.45) is 4.99 Å². The summed E-state index contributed by atoms with van der Waals surface area (Å²) in [5.41, 5.74) is 0.634. The minimum Gasteiger partial charge on any atom is -0.357 e. The highest BCUT2D eigenvalue weighted by Gasteiger charge is 2.21. The Morgan fingerprint density at radius 2 is 1.96 bits per heavy atom. The molecule has 0 aliphatic heterocycles. The number of likely N-dealkylation sites (N-methyl/N-ethyl adjacent to an activating group) is 1. The lowest BCUT2D eigenvalue weighted by Crippen LogP contribution is -2.44. The zero-order valence-corrected chi connectivity index (χ0v) is 17.3. The minimum atomic E-state index is -0.274. The van der Waals surface area contributed by atoms with Crippen LogP contribution < -0.4 is 10.6 Å². The standard InChI is InChI=1S/C17H27FN4O.HI/c1-6-19-16(20-11-15(23)22(4)5)21-12-17(2,3)13-8-7-9-14(18)10-13;/h7-10H,6,11-12H2,1-5H3,(H2,19,20,21);1H. The quantitative estimate of drug-likeness (QED) is 0.398. The average Bonchev–Trinajstić information content (AvgIpc) is 2.49. The number of hydrogen-bond acceptors (Lipinski definition) is 2. The summed E-state index contributed by atoms with van der Waals surface area (Å²) < 4.78 is 13.4. The van der Waals surface area contributed by atoms with Gasteiger partial charge in [0, 0.05) is 32.6 Å². The predicted octanol–water partition coefficient (Wildman–Crippen LogP) is 2.36. The van der Waals surface area contributed by atoms with Crippen LogP contribution in [0.4, 0.5) is 4.39 Å². The second kappa shape index (κ2) is 10.5. The first-order valence-corrected chi connectivity index (χ1v) is 7.74. The lowest BCUT2D eigenvalue weighted by molar-refractivity contribution is -0.127. The molecule has 1 aromatic rings. The van der Waals surface area contributed by atoms with Gasteiger partial charge in [-0.3, -0.25) is 4.79 Å². The van der Waals surface area contributed by atoms with E-state index in [1.807, 2.05) is 26.8 Å². The number of amides is 1. The van der Waals surface area contributed by atoms with Crippen LogP contribution in [-0.4, -0.2) is 50.5 Å². The number of guanidine groups is 1. The molecule has 0 aliphatic carbocycles. The molecule has 0 fully saturated rings. The molecule has 0 aliphatic rings. The number of halogens is 2. The van der Waals surface area contributed by atoms with Gasteiger partial charge in [-0.25, -0.2) is 9.38 Å². The molecule has 0 atom stereocenters. The highest BCUT2D eigenvalue weighted by Crippen LogP contribution is 2.22. The summed E-state index contributed by atoms with van der Waals surface area (Å²) in [5.74, 6) is 0.270. The molecule has 5 nitrogen and oxygen atoms in total.